The molecule has 2 heterocycles. The predicted octanol–water partition coefficient (Wildman–Crippen LogP) is 6.89. The van der Waals surface area contributed by atoms with Gasteiger partial charge < -0.3 is 0 Å². The average Bonchev–Trinajstić information content (AvgIpc) is 3.41. The Labute approximate surface area is 203 Å². The van der Waals surface area contributed by atoms with Crippen LogP contribution < -0.4 is 0 Å². The number of hydrogen-bond donors (Lipinski definition) is 0. The maximum absolute atomic E-state index is 14.5. The van der Waals surface area contributed by atoms with Gasteiger partial charge in [0.05, 0.1) is 22.4 Å². The molecule has 0 aliphatic carbocycles. The summed E-state index contributed by atoms with van der Waals surface area (Å²) in [6, 6.07) is 3.36. The third-order valence-corrected chi connectivity index (χ3v) is 6.36. The summed E-state index contributed by atoms with van der Waals surface area (Å²) in [6.45, 7) is 0. The van der Waals surface area contributed by atoms with Crippen LogP contribution in [0.1, 0.15) is 0 Å². The molecule has 17 heteroatoms. The summed E-state index contributed by atoms with van der Waals surface area (Å²) >= 11 is 12.7. The van der Waals surface area contributed by atoms with Gasteiger partial charge in [-0.25, -0.2) is 8.78 Å². The SMILES string of the molecule is Fc1cc(Cl)c(Sc2cc(-c3cnnn3C(F)(F)F)c(F)cc2Cl)cc1-c1cnnn1C(F)(F)F. The first-order valence-corrected chi connectivity index (χ1v) is 10.5. The lowest BCUT2D eigenvalue weighted by molar-refractivity contribution is -0.212. The maximum Gasteiger partial charge on any atom is 0.506 e. The molecule has 0 saturated heterocycles. The van der Waals surface area contributed by atoms with Crippen molar-refractivity contribution in [2.45, 2.75) is 22.4 Å². The van der Waals surface area contributed by atoms with Gasteiger partial charge in [-0.3, -0.25) is 0 Å². The number of rotatable bonds is 4. The summed E-state index contributed by atoms with van der Waals surface area (Å²) in [6.07, 6.45) is -8.64. The van der Waals surface area contributed by atoms with Crippen LogP contribution in [0.5, 0.6) is 0 Å². The van der Waals surface area contributed by atoms with Crippen LogP contribution in [0.15, 0.2) is 46.5 Å². The van der Waals surface area contributed by atoms with Crippen LogP contribution >= 0.6 is 35.0 Å². The van der Waals surface area contributed by atoms with E-state index in [1.807, 2.05) is 0 Å². The Kier molecular flexibility index (Phi) is 6.44. The van der Waals surface area contributed by atoms with E-state index in [1.54, 1.807) is 0 Å². The number of hydrogen-bond acceptors (Lipinski definition) is 5. The number of halogens is 10. The highest BCUT2D eigenvalue weighted by Gasteiger charge is 2.37. The number of benzene rings is 2. The molecular weight excluding hydrogens is 555 g/mol. The molecule has 184 valence electrons. The molecule has 2 aromatic heterocycles. The quantitative estimate of drug-likeness (QED) is 0.254. The lowest BCUT2D eigenvalue weighted by atomic mass is 10.1. The standard InChI is InChI=1S/C18H6Cl2F8N6S/c19-9-3-11(21)7(13-5-29-31-33(13)17(23,24)25)1-15(9)35-16-2-8(12(22)4-10(16)20)14-6-30-32-34(14)18(26,27)28/h1-6H. The highest BCUT2D eigenvalue weighted by atomic mass is 35.5. The zero-order valence-electron chi connectivity index (χ0n) is 16.3. The molecule has 0 aliphatic heterocycles. The monoisotopic (exact) mass is 560 g/mol. The lowest BCUT2D eigenvalue weighted by Gasteiger charge is -2.14. The summed E-state index contributed by atoms with van der Waals surface area (Å²) in [5, 5.41) is 11.6. The third kappa shape index (κ3) is 4.92. The van der Waals surface area contributed by atoms with Gasteiger partial charge >= 0.3 is 12.6 Å². The molecule has 0 atom stereocenters. The molecule has 0 unspecified atom stereocenters. The van der Waals surface area contributed by atoms with Crippen LogP contribution in [-0.2, 0) is 12.6 Å². The second kappa shape index (κ2) is 8.95. The molecular formula is C18H6Cl2F8N6S. The smallest absolute Gasteiger partial charge is 0.206 e. The van der Waals surface area contributed by atoms with Crippen molar-refractivity contribution in [3.8, 4) is 22.5 Å². The predicted molar refractivity (Wildman–Crippen MR) is 108 cm³/mol. The van der Waals surface area contributed by atoms with Crippen molar-refractivity contribution in [3.63, 3.8) is 0 Å². The molecule has 0 aliphatic rings. The fourth-order valence-electron chi connectivity index (χ4n) is 2.94. The van der Waals surface area contributed by atoms with Gasteiger partial charge in [-0.1, -0.05) is 45.4 Å². The number of aromatic nitrogens is 6. The van der Waals surface area contributed by atoms with E-state index < -0.39 is 56.1 Å². The zero-order valence-corrected chi connectivity index (χ0v) is 18.7. The Bertz CT molecular complexity index is 1310. The molecule has 6 nitrogen and oxygen atoms in total. The first-order chi connectivity index (χ1) is 16.3. The van der Waals surface area contributed by atoms with Gasteiger partial charge in [0.25, 0.3) is 0 Å². The maximum atomic E-state index is 14.5. The summed E-state index contributed by atoms with van der Waals surface area (Å²) in [5.41, 5.74) is -2.62. The van der Waals surface area contributed by atoms with E-state index in [0.29, 0.717) is 24.2 Å². The fourth-order valence-corrected chi connectivity index (χ4v) is 4.37. The Hall–Kier alpha value is -2.91. The van der Waals surface area contributed by atoms with E-state index in [9.17, 15) is 35.1 Å². The van der Waals surface area contributed by atoms with E-state index >= 15 is 0 Å². The Morgan fingerprint density at radius 2 is 1.03 bits per heavy atom. The Morgan fingerprint density at radius 1 is 0.657 bits per heavy atom. The molecule has 2 aromatic carbocycles. The van der Waals surface area contributed by atoms with Crippen molar-refractivity contribution < 1.29 is 35.1 Å². The van der Waals surface area contributed by atoms with Gasteiger partial charge in [0.1, 0.15) is 23.0 Å². The molecule has 4 aromatic rings. The topological polar surface area (TPSA) is 61.4 Å². The molecule has 0 amide bonds. The molecule has 0 saturated carbocycles. The van der Waals surface area contributed by atoms with E-state index in [4.69, 9.17) is 23.2 Å². The molecule has 0 spiro atoms. The van der Waals surface area contributed by atoms with Gasteiger partial charge in [0, 0.05) is 20.9 Å². The van der Waals surface area contributed by atoms with Gasteiger partial charge in [-0.2, -0.15) is 9.36 Å². The second-order valence-electron chi connectivity index (χ2n) is 6.62. The van der Waals surface area contributed by atoms with E-state index in [-0.39, 0.29) is 19.8 Å². The fraction of sp³-hybridized carbons (Fsp3) is 0.111. The van der Waals surface area contributed by atoms with Crippen LogP contribution in [-0.4, -0.2) is 30.0 Å². The lowest BCUT2D eigenvalue weighted by Crippen LogP contribution is -2.19. The minimum absolute atomic E-state index is 0.0418. The minimum atomic E-state index is -5.00. The summed E-state index contributed by atoms with van der Waals surface area (Å²) in [4.78, 5) is -0.0835. The first-order valence-electron chi connectivity index (χ1n) is 8.90. The van der Waals surface area contributed by atoms with Crippen molar-refractivity contribution in [2.24, 2.45) is 0 Å². The minimum Gasteiger partial charge on any atom is -0.206 e. The zero-order chi connectivity index (χ0) is 25.7. The molecule has 0 N–H and O–H groups in total. The average molecular weight is 561 g/mol. The second-order valence-corrected chi connectivity index (χ2v) is 8.52. The number of alkyl halides is 6. The van der Waals surface area contributed by atoms with Crippen LogP contribution in [0.4, 0.5) is 35.1 Å². The van der Waals surface area contributed by atoms with Gasteiger partial charge in [0.2, 0.25) is 0 Å². The van der Waals surface area contributed by atoms with Gasteiger partial charge in [-0.15, -0.1) is 36.5 Å². The van der Waals surface area contributed by atoms with E-state index in [2.05, 4.69) is 20.6 Å². The number of nitrogens with zero attached hydrogens (tertiary/aromatic N) is 6. The van der Waals surface area contributed by atoms with Crippen molar-refractivity contribution in [1.29, 1.82) is 0 Å². The van der Waals surface area contributed by atoms with Crippen molar-refractivity contribution >= 4 is 35.0 Å². The summed E-state index contributed by atoms with van der Waals surface area (Å²) < 4.78 is 107. The highest BCUT2D eigenvalue weighted by Crippen LogP contribution is 2.43. The molecule has 0 fully saturated rings. The molecule has 35 heavy (non-hydrogen) atoms. The van der Waals surface area contributed by atoms with Crippen LogP contribution in [0.2, 0.25) is 10.0 Å². The van der Waals surface area contributed by atoms with Gasteiger partial charge in [0.15, 0.2) is 0 Å². The highest BCUT2D eigenvalue weighted by molar-refractivity contribution is 7.99. The van der Waals surface area contributed by atoms with Crippen LogP contribution in [0, 0.1) is 11.6 Å². The normalized spacial score (nSPS) is 12.4. The summed E-state index contributed by atoms with van der Waals surface area (Å²) in [7, 11) is 0. The molecule has 4 rings (SSSR count). The van der Waals surface area contributed by atoms with E-state index in [0.717, 1.165) is 24.3 Å². The van der Waals surface area contributed by atoms with Crippen molar-refractivity contribution in [1.82, 2.24) is 30.0 Å². The summed E-state index contributed by atoms with van der Waals surface area (Å²) in [5.74, 6) is -2.25. The third-order valence-electron chi connectivity index (χ3n) is 4.39. The van der Waals surface area contributed by atoms with Crippen LogP contribution in [0.25, 0.3) is 22.5 Å². The Balaban J connectivity index is 1.80. The van der Waals surface area contributed by atoms with E-state index in [1.165, 1.54) is 0 Å². The molecule has 0 radical (unpaired) electrons. The van der Waals surface area contributed by atoms with Crippen LogP contribution in [0.3, 0.4) is 0 Å². The van der Waals surface area contributed by atoms with Crippen molar-refractivity contribution in [3.05, 3.63) is 58.3 Å². The van der Waals surface area contributed by atoms with Crippen molar-refractivity contribution in [2.75, 3.05) is 0 Å². The largest absolute Gasteiger partial charge is 0.506 e. The first kappa shape index (κ1) is 25.2. The Morgan fingerprint density at radius 3 is 1.37 bits per heavy atom. The van der Waals surface area contributed by atoms with Gasteiger partial charge in [-0.05, 0) is 24.3 Å². The molecule has 0 bridgehead atoms.